The van der Waals surface area contributed by atoms with Gasteiger partial charge in [0.15, 0.2) is 0 Å². The molecule has 1 saturated carbocycles. The molecule has 0 aromatic heterocycles. The van der Waals surface area contributed by atoms with Gasteiger partial charge in [-0.25, -0.2) is 4.39 Å². The van der Waals surface area contributed by atoms with Gasteiger partial charge in [0, 0.05) is 5.56 Å². The largest absolute Gasteiger partial charge is 0.206 e. The first-order valence-corrected chi connectivity index (χ1v) is 8.17. The second-order valence-electron chi connectivity index (χ2n) is 6.09. The Kier molecular flexibility index (Phi) is 4.38. The van der Waals surface area contributed by atoms with E-state index >= 15 is 0 Å². The van der Waals surface area contributed by atoms with Crippen molar-refractivity contribution in [3.8, 4) is 11.1 Å². The predicted octanol–water partition coefficient (Wildman–Crippen LogP) is 6.10. The minimum absolute atomic E-state index is 0.0644. The van der Waals surface area contributed by atoms with Crippen LogP contribution in [0.4, 0.5) is 4.39 Å². The Bertz CT molecular complexity index is 592. The van der Waals surface area contributed by atoms with Crippen molar-refractivity contribution in [3.63, 3.8) is 0 Å². The maximum atomic E-state index is 14.4. The summed E-state index contributed by atoms with van der Waals surface area (Å²) in [7, 11) is 0. The molecule has 0 radical (unpaired) electrons. The van der Waals surface area contributed by atoms with E-state index in [4.69, 9.17) is 0 Å². The summed E-state index contributed by atoms with van der Waals surface area (Å²) in [4.78, 5) is 0. The van der Waals surface area contributed by atoms with Gasteiger partial charge >= 0.3 is 0 Å². The van der Waals surface area contributed by atoms with Gasteiger partial charge in [-0.1, -0.05) is 68.7 Å². The topological polar surface area (TPSA) is 0 Å². The molecule has 0 atom stereocenters. The summed E-state index contributed by atoms with van der Waals surface area (Å²) < 4.78 is 14.4. The summed E-state index contributed by atoms with van der Waals surface area (Å²) in [6.07, 6.45) is 7.42. The standard InChI is InChI=1S/C20H23F/c1-2-15-9-6-10-19(20(15)21)18-13-11-17(12-14-18)16-7-4-3-5-8-16/h6,9-14,16H,2-5,7-8H2,1H3. The molecular weight excluding hydrogens is 259 g/mol. The van der Waals surface area contributed by atoms with Crippen molar-refractivity contribution in [1.82, 2.24) is 0 Å². The highest BCUT2D eigenvalue weighted by Crippen LogP contribution is 2.34. The molecule has 1 heteroatoms. The molecule has 1 fully saturated rings. The summed E-state index contributed by atoms with van der Waals surface area (Å²) in [5, 5.41) is 0. The molecule has 110 valence electrons. The Labute approximate surface area is 127 Å². The molecule has 3 rings (SSSR count). The van der Waals surface area contributed by atoms with E-state index in [1.54, 1.807) is 0 Å². The van der Waals surface area contributed by atoms with Gasteiger partial charge in [0.25, 0.3) is 0 Å². The third kappa shape index (κ3) is 3.02. The van der Waals surface area contributed by atoms with Gasteiger partial charge in [0.2, 0.25) is 0 Å². The molecule has 0 saturated heterocycles. The Balaban J connectivity index is 1.87. The maximum Gasteiger partial charge on any atom is 0.134 e. The Morgan fingerprint density at radius 2 is 1.67 bits per heavy atom. The van der Waals surface area contributed by atoms with Crippen molar-refractivity contribution in [2.75, 3.05) is 0 Å². The van der Waals surface area contributed by atoms with E-state index in [1.807, 2.05) is 25.1 Å². The summed E-state index contributed by atoms with van der Waals surface area (Å²) in [6.45, 7) is 1.99. The van der Waals surface area contributed by atoms with Gasteiger partial charge in [-0.15, -0.1) is 0 Å². The Hall–Kier alpha value is -1.63. The zero-order chi connectivity index (χ0) is 14.7. The highest BCUT2D eigenvalue weighted by atomic mass is 19.1. The van der Waals surface area contributed by atoms with Crippen LogP contribution in [0.25, 0.3) is 11.1 Å². The molecule has 1 aliphatic rings. The molecule has 0 spiro atoms. The van der Waals surface area contributed by atoms with E-state index in [2.05, 4.69) is 24.3 Å². The van der Waals surface area contributed by atoms with E-state index in [-0.39, 0.29) is 5.82 Å². The fourth-order valence-corrected chi connectivity index (χ4v) is 3.45. The van der Waals surface area contributed by atoms with Crippen molar-refractivity contribution < 1.29 is 4.39 Å². The van der Waals surface area contributed by atoms with E-state index < -0.39 is 0 Å². The third-order valence-electron chi connectivity index (χ3n) is 4.76. The van der Waals surface area contributed by atoms with Crippen LogP contribution >= 0.6 is 0 Å². The van der Waals surface area contributed by atoms with Crippen LogP contribution < -0.4 is 0 Å². The smallest absolute Gasteiger partial charge is 0.134 e. The number of benzene rings is 2. The van der Waals surface area contributed by atoms with Gasteiger partial charge in [-0.05, 0) is 41.9 Å². The van der Waals surface area contributed by atoms with Gasteiger partial charge in [0.1, 0.15) is 5.82 Å². The summed E-state index contributed by atoms with van der Waals surface area (Å²) >= 11 is 0. The molecule has 0 bridgehead atoms. The highest BCUT2D eigenvalue weighted by Gasteiger charge is 2.15. The predicted molar refractivity (Wildman–Crippen MR) is 87.0 cm³/mol. The molecular formula is C20H23F. The molecule has 0 aliphatic heterocycles. The Morgan fingerprint density at radius 3 is 2.33 bits per heavy atom. The van der Waals surface area contributed by atoms with Crippen LogP contribution in [-0.2, 0) is 6.42 Å². The van der Waals surface area contributed by atoms with Gasteiger partial charge in [-0.2, -0.15) is 0 Å². The number of aryl methyl sites for hydroxylation is 1. The first-order valence-electron chi connectivity index (χ1n) is 8.17. The molecule has 0 nitrogen and oxygen atoms in total. The van der Waals surface area contributed by atoms with Crippen molar-refractivity contribution in [3.05, 3.63) is 59.4 Å². The number of rotatable bonds is 3. The lowest BCUT2D eigenvalue weighted by molar-refractivity contribution is 0.443. The van der Waals surface area contributed by atoms with E-state index in [9.17, 15) is 4.39 Å². The van der Waals surface area contributed by atoms with E-state index in [0.717, 1.165) is 23.1 Å². The van der Waals surface area contributed by atoms with Crippen LogP contribution in [0, 0.1) is 5.82 Å². The Morgan fingerprint density at radius 1 is 0.952 bits per heavy atom. The lowest BCUT2D eigenvalue weighted by Gasteiger charge is -2.22. The van der Waals surface area contributed by atoms with Gasteiger partial charge in [-0.3, -0.25) is 0 Å². The SMILES string of the molecule is CCc1cccc(-c2ccc(C3CCCCC3)cc2)c1F. The number of halogens is 1. The van der Waals surface area contributed by atoms with Crippen molar-refractivity contribution >= 4 is 0 Å². The van der Waals surface area contributed by atoms with E-state index in [0.29, 0.717) is 5.92 Å². The van der Waals surface area contributed by atoms with Crippen molar-refractivity contribution in [2.45, 2.75) is 51.4 Å². The minimum Gasteiger partial charge on any atom is -0.206 e. The van der Waals surface area contributed by atoms with Crippen LogP contribution in [0.2, 0.25) is 0 Å². The van der Waals surface area contributed by atoms with Gasteiger partial charge < -0.3 is 0 Å². The normalized spacial score (nSPS) is 16.1. The third-order valence-corrected chi connectivity index (χ3v) is 4.76. The zero-order valence-corrected chi connectivity index (χ0v) is 12.7. The van der Waals surface area contributed by atoms with E-state index in [1.165, 1.54) is 37.7 Å². The quantitative estimate of drug-likeness (QED) is 0.637. The average Bonchev–Trinajstić information content (AvgIpc) is 2.56. The fraction of sp³-hybridized carbons (Fsp3) is 0.400. The first kappa shape index (κ1) is 14.3. The van der Waals surface area contributed by atoms with Crippen LogP contribution in [0.3, 0.4) is 0 Å². The monoisotopic (exact) mass is 282 g/mol. The molecule has 0 unspecified atom stereocenters. The van der Waals surface area contributed by atoms with Crippen molar-refractivity contribution in [1.29, 1.82) is 0 Å². The van der Waals surface area contributed by atoms with Crippen LogP contribution in [0.1, 0.15) is 56.1 Å². The van der Waals surface area contributed by atoms with Crippen LogP contribution in [0.15, 0.2) is 42.5 Å². The fourth-order valence-electron chi connectivity index (χ4n) is 3.45. The zero-order valence-electron chi connectivity index (χ0n) is 12.7. The second-order valence-corrected chi connectivity index (χ2v) is 6.09. The van der Waals surface area contributed by atoms with Crippen LogP contribution in [-0.4, -0.2) is 0 Å². The molecule has 0 heterocycles. The lowest BCUT2D eigenvalue weighted by Crippen LogP contribution is -2.04. The van der Waals surface area contributed by atoms with Crippen molar-refractivity contribution in [2.24, 2.45) is 0 Å². The molecule has 2 aromatic carbocycles. The molecule has 0 N–H and O–H groups in total. The summed E-state index contributed by atoms with van der Waals surface area (Å²) in [5.74, 6) is 0.644. The summed E-state index contributed by atoms with van der Waals surface area (Å²) in [5.41, 5.74) is 3.93. The number of hydrogen-bond acceptors (Lipinski definition) is 0. The first-order chi connectivity index (χ1) is 10.3. The highest BCUT2D eigenvalue weighted by molar-refractivity contribution is 5.65. The lowest BCUT2D eigenvalue weighted by atomic mass is 9.83. The molecule has 2 aromatic rings. The molecule has 21 heavy (non-hydrogen) atoms. The second kappa shape index (κ2) is 6.43. The average molecular weight is 282 g/mol. The maximum absolute atomic E-state index is 14.4. The van der Waals surface area contributed by atoms with Gasteiger partial charge in [0.05, 0.1) is 0 Å². The van der Waals surface area contributed by atoms with Crippen LogP contribution in [0.5, 0.6) is 0 Å². The minimum atomic E-state index is -0.0644. The molecule has 0 amide bonds. The number of hydrogen-bond donors (Lipinski definition) is 0. The molecule has 1 aliphatic carbocycles. The summed E-state index contributed by atoms with van der Waals surface area (Å²) in [6, 6.07) is 14.3.